The van der Waals surface area contributed by atoms with Crippen LogP contribution in [-0.4, -0.2) is 29.3 Å². The number of aromatic nitrogens is 2. The fourth-order valence-electron chi connectivity index (χ4n) is 1.68. The Morgan fingerprint density at radius 1 is 1.56 bits per heavy atom. The third-order valence-corrected chi connectivity index (χ3v) is 2.65. The molecule has 0 unspecified atom stereocenters. The molecule has 0 amide bonds. The summed E-state index contributed by atoms with van der Waals surface area (Å²) in [4.78, 5) is 10.6. The maximum atomic E-state index is 7.23. The summed E-state index contributed by atoms with van der Waals surface area (Å²) in [5, 5.41) is 7.23. The zero-order chi connectivity index (χ0) is 11.5. The van der Waals surface area contributed by atoms with Gasteiger partial charge in [-0.15, -0.1) is 0 Å². The lowest BCUT2D eigenvalue weighted by Gasteiger charge is -2.15. The molecule has 1 aromatic rings. The first-order valence-electron chi connectivity index (χ1n) is 5.29. The highest BCUT2D eigenvalue weighted by molar-refractivity contribution is 5.80. The van der Waals surface area contributed by atoms with E-state index < -0.39 is 0 Å². The van der Waals surface area contributed by atoms with Crippen LogP contribution in [0.25, 0.3) is 0 Å². The van der Waals surface area contributed by atoms with Gasteiger partial charge >= 0.3 is 0 Å². The first kappa shape index (κ1) is 10.6. The van der Waals surface area contributed by atoms with E-state index in [2.05, 4.69) is 16.9 Å². The molecule has 0 fully saturated rings. The van der Waals surface area contributed by atoms with Crippen LogP contribution >= 0.6 is 0 Å². The van der Waals surface area contributed by atoms with E-state index in [-0.39, 0.29) is 0 Å². The van der Waals surface area contributed by atoms with Gasteiger partial charge in [-0.2, -0.15) is 0 Å². The van der Waals surface area contributed by atoms with E-state index in [1.807, 2.05) is 11.0 Å². The van der Waals surface area contributed by atoms with Crippen LogP contribution in [0.5, 0.6) is 0 Å². The number of nitrogens with one attached hydrogen (secondary N) is 1. The summed E-state index contributed by atoms with van der Waals surface area (Å²) in [6.45, 7) is 3.30. The van der Waals surface area contributed by atoms with Crippen molar-refractivity contribution in [3.05, 3.63) is 29.2 Å². The third kappa shape index (κ3) is 1.88. The molecule has 1 aromatic heterocycles. The molecule has 0 radical (unpaired) electrons. The summed E-state index contributed by atoms with van der Waals surface area (Å²) < 4.78 is 0. The molecule has 1 aliphatic rings. The molecule has 0 aromatic carbocycles. The van der Waals surface area contributed by atoms with Crippen LogP contribution in [-0.2, 0) is 6.42 Å². The summed E-state index contributed by atoms with van der Waals surface area (Å²) >= 11 is 0. The Hall–Kier alpha value is -1.91. The predicted octanol–water partition coefficient (Wildman–Crippen LogP) is 0.721. The average molecular weight is 217 g/mol. The van der Waals surface area contributed by atoms with Crippen molar-refractivity contribution in [3.63, 3.8) is 0 Å². The highest BCUT2D eigenvalue weighted by Crippen LogP contribution is 2.17. The Morgan fingerprint density at radius 3 is 3.00 bits per heavy atom. The van der Waals surface area contributed by atoms with Gasteiger partial charge in [-0.3, -0.25) is 0 Å². The van der Waals surface area contributed by atoms with Gasteiger partial charge in [0, 0.05) is 35.9 Å². The Morgan fingerprint density at radius 2 is 2.38 bits per heavy atom. The summed E-state index contributed by atoms with van der Waals surface area (Å²) in [5.74, 6) is 0.694. The molecule has 2 heterocycles. The minimum atomic E-state index is 0.609. The minimum Gasteiger partial charge on any atom is -0.400 e. The summed E-state index contributed by atoms with van der Waals surface area (Å²) in [7, 11) is 0. The first-order chi connectivity index (χ1) is 7.74. The molecule has 0 bridgehead atoms. The Kier molecular flexibility index (Phi) is 2.85. The number of hydrogen-bond donors (Lipinski definition) is 2. The average Bonchev–Trinajstić information content (AvgIpc) is 2.71. The molecule has 1 aliphatic heterocycles. The van der Waals surface area contributed by atoms with Gasteiger partial charge < -0.3 is 16.0 Å². The number of hydrogen-bond acceptors (Lipinski definition) is 5. The van der Waals surface area contributed by atoms with E-state index in [1.165, 1.54) is 6.21 Å². The molecule has 0 saturated heterocycles. The van der Waals surface area contributed by atoms with Crippen molar-refractivity contribution < 1.29 is 0 Å². The molecule has 16 heavy (non-hydrogen) atoms. The van der Waals surface area contributed by atoms with Gasteiger partial charge in [-0.1, -0.05) is 6.92 Å². The van der Waals surface area contributed by atoms with Crippen molar-refractivity contribution in [1.82, 2.24) is 9.97 Å². The van der Waals surface area contributed by atoms with Gasteiger partial charge in [-0.25, -0.2) is 9.97 Å². The molecule has 5 heteroatoms. The molecular weight excluding hydrogens is 202 g/mol. The van der Waals surface area contributed by atoms with E-state index in [1.54, 1.807) is 6.20 Å². The Bertz CT molecular complexity index is 438. The molecule has 84 valence electrons. The highest BCUT2D eigenvalue weighted by Gasteiger charge is 2.20. The lowest BCUT2D eigenvalue weighted by atomic mass is 10.3. The quantitative estimate of drug-likeness (QED) is 0.731. The minimum absolute atomic E-state index is 0.609. The van der Waals surface area contributed by atoms with Gasteiger partial charge in [0.25, 0.3) is 0 Å². The van der Waals surface area contributed by atoms with E-state index in [9.17, 15) is 0 Å². The van der Waals surface area contributed by atoms with Crippen LogP contribution in [0, 0.1) is 5.41 Å². The lowest BCUT2D eigenvalue weighted by molar-refractivity contribution is 0.880. The van der Waals surface area contributed by atoms with Gasteiger partial charge in [0.15, 0.2) is 0 Å². The third-order valence-electron chi connectivity index (χ3n) is 2.65. The van der Waals surface area contributed by atoms with Gasteiger partial charge in [0.2, 0.25) is 5.95 Å². The molecular formula is C11H15N5. The van der Waals surface area contributed by atoms with Crippen LogP contribution in [0.2, 0.25) is 0 Å². The van der Waals surface area contributed by atoms with Gasteiger partial charge in [-0.05, 0) is 12.5 Å². The Labute approximate surface area is 94.5 Å². The lowest BCUT2D eigenvalue weighted by Crippen LogP contribution is -2.24. The van der Waals surface area contributed by atoms with Crippen LogP contribution in [0.4, 0.5) is 5.95 Å². The molecule has 0 saturated carbocycles. The summed E-state index contributed by atoms with van der Waals surface area (Å²) in [6.07, 6.45) is 3.96. The molecule has 2 rings (SSSR count). The maximum absolute atomic E-state index is 7.23. The van der Waals surface area contributed by atoms with Crippen molar-refractivity contribution in [2.45, 2.75) is 13.3 Å². The van der Waals surface area contributed by atoms with E-state index in [0.717, 1.165) is 23.4 Å². The van der Waals surface area contributed by atoms with Crippen LogP contribution in [0.1, 0.15) is 12.6 Å². The topological polar surface area (TPSA) is 78.9 Å². The fourth-order valence-corrected chi connectivity index (χ4v) is 1.68. The number of nitrogens with two attached hydrogens (primary N) is 1. The number of aryl methyl sites for hydroxylation is 1. The molecule has 3 N–H and O–H groups in total. The van der Waals surface area contributed by atoms with Crippen LogP contribution < -0.4 is 10.6 Å². The van der Waals surface area contributed by atoms with E-state index in [0.29, 0.717) is 19.0 Å². The van der Waals surface area contributed by atoms with Gasteiger partial charge in [0.05, 0.1) is 6.54 Å². The summed E-state index contributed by atoms with van der Waals surface area (Å²) in [5.41, 5.74) is 8.43. The maximum Gasteiger partial charge on any atom is 0.226 e. The van der Waals surface area contributed by atoms with Crippen LogP contribution in [0.3, 0.4) is 0 Å². The number of rotatable bonds is 3. The smallest absolute Gasteiger partial charge is 0.226 e. The summed E-state index contributed by atoms with van der Waals surface area (Å²) in [6, 6.07) is 1.91. The van der Waals surface area contributed by atoms with E-state index >= 15 is 0 Å². The normalized spacial score (nSPS) is 15.7. The zero-order valence-electron chi connectivity index (χ0n) is 9.27. The first-order valence-corrected chi connectivity index (χ1v) is 5.29. The molecule has 5 nitrogen and oxygen atoms in total. The van der Waals surface area contributed by atoms with Crippen molar-refractivity contribution in [2.75, 3.05) is 18.0 Å². The van der Waals surface area contributed by atoms with Crippen molar-refractivity contribution in [1.29, 1.82) is 5.41 Å². The van der Waals surface area contributed by atoms with Crippen LogP contribution in [0.15, 0.2) is 23.5 Å². The largest absolute Gasteiger partial charge is 0.400 e. The standard InChI is InChI=1S/C11H15N5/c1-2-9-3-4-14-11(15-9)16-6-8(5-12)10(13)7-16/h3-5,12H,2,6-7,13H2,1H3. The van der Waals surface area contributed by atoms with Crippen molar-refractivity contribution in [3.8, 4) is 0 Å². The zero-order valence-corrected chi connectivity index (χ0v) is 9.27. The number of anilines is 1. The van der Waals surface area contributed by atoms with Crippen molar-refractivity contribution in [2.24, 2.45) is 5.73 Å². The second-order valence-electron chi connectivity index (χ2n) is 3.75. The molecule has 0 aliphatic carbocycles. The SMILES string of the molecule is CCc1ccnc(N2CC(N)=C(C=N)C2)n1. The monoisotopic (exact) mass is 217 g/mol. The number of nitrogens with zero attached hydrogens (tertiary/aromatic N) is 3. The van der Waals surface area contributed by atoms with E-state index in [4.69, 9.17) is 11.1 Å². The van der Waals surface area contributed by atoms with Crippen molar-refractivity contribution >= 4 is 12.2 Å². The molecule has 0 spiro atoms. The highest BCUT2D eigenvalue weighted by atomic mass is 15.3. The second kappa shape index (κ2) is 4.30. The second-order valence-corrected chi connectivity index (χ2v) is 3.75. The molecule has 0 atom stereocenters. The Balaban J connectivity index is 2.19. The van der Waals surface area contributed by atoms with Gasteiger partial charge in [0.1, 0.15) is 0 Å². The predicted molar refractivity (Wildman–Crippen MR) is 63.6 cm³/mol. The fraction of sp³-hybridized carbons (Fsp3) is 0.364.